The van der Waals surface area contributed by atoms with Crippen molar-refractivity contribution in [1.29, 1.82) is 26.3 Å². The van der Waals surface area contributed by atoms with Crippen LogP contribution in [-0.4, -0.2) is 37.0 Å². The molecule has 0 saturated carbocycles. The Labute approximate surface area is 214 Å². The number of nitriles is 5. The minimum absolute atomic E-state index is 0.0250. The van der Waals surface area contributed by atoms with E-state index in [2.05, 4.69) is 44.7 Å². The highest BCUT2D eigenvalue weighted by Crippen LogP contribution is 2.45. The third-order valence-corrected chi connectivity index (χ3v) is 6.73. The Balaban J connectivity index is 2.46. The van der Waals surface area contributed by atoms with Crippen LogP contribution in [0.4, 0.5) is 0 Å². The molecule has 0 aromatic rings. The molecule has 8 heteroatoms. The summed E-state index contributed by atoms with van der Waals surface area (Å²) in [6.07, 6.45) is 2.23. The van der Waals surface area contributed by atoms with Crippen molar-refractivity contribution in [3.63, 3.8) is 0 Å². The van der Waals surface area contributed by atoms with E-state index in [-0.39, 0.29) is 22.1 Å². The number of allylic oxidation sites excluding steroid dienone is 8. The summed E-state index contributed by atoms with van der Waals surface area (Å²) in [7, 11) is 3.78. The third-order valence-electron chi connectivity index (χ3n) is 6.73. The van der Waals surface area contributed by atoms with Crippen LogP contribution in [-0.2, 0) is 0 Å². The van der Waals surface area contributed by atoms with Crippen LogP contribution >= 0.6 is 0 Å². The SMILES string of the molecule is [C-]#[N+]/C(C#N)=C1\CC(C)(C)CC(N(C)CCN(C)C2=C(C#N)C(=C(C#N)C#N)CC(C)(C)C2)=C1C#N. The van der Waals surface area contributed by atoms with Crippen LogP contribution in [0.15, 0.2) is 45.0 Å². The molecule has 182 valence electrons. The van der Waals surface area contributed by atoms with Crippen LogP contribution in [0.3, 0.4) is 0 Å². The monoisotopic (exact) mass is 478 g/mol. The van der Waals surface area contributed by atoms with Gasteiger partial charge in [-0.3, -0.25) is 0 Å². The Morgan fingerprint density at radius 2 is 1.17 bits per heavy atom. The van der Waals surface area contributed by atoms with Crippen LogP contribution in [0.5, 0.6) is 0 Å². The Bertz CT molecular complexity index is 1190. The second-order valence-corrected chi connectivity index (χ2v) is 10.9. The van der Waals surface area contributed by atoms with Gasteiger partial charge in [-0.2, -0.15) is 21.0 Å². The quantitative estimate of drug-likeness (QED) is 0.397. The van der Waals surface area contributed by atoms with Gasteiger partial charge in [-0.05, 0) is 42.1 Å². The molecule has 0 saturated heterocycles. The van der Waals surface area contributed by atoms with Crippen molar-refractivity contribution in [2.24, 2.45) is 10.8 Å². The van der Waals surface area contributed by atoms with Gasteiger partial charge >= 0.3 is 0 Å². The molecular formula is C28H30N8. The molecule has 2 rings (SSSR count). The van der Waals surface area contributed by atoms with Gasteiger partial charge in [0.1, 0.15) is 23.8 Å². The zero-order chi connectivity index (χ0) is 27.3. The Morgan fingerprint density at radius 3 is 1.53 bits per heavy atom. The number of likely N-dealkylation sites (N-methyl/N-ethyl adjacent to an activating group) is 2. The first kappa shape index (κ1) is 27.7. The van der Waals surface area contributed by atoms with E-state index in [1.165, 1.54) is 0 Å². The van der Waals surface area contributed by atoms with Crippen molar-refractivity contribution in [3.05, 3.63) is 56.4 Å². The summed E-state index contributed by atoms with van der Waals surface area (Å²) in [6.45, 7) is 16.7. The highest BCUT2D eigenvalue weighted by Gasteiger charge is 2.36. The van der Waals surface area contributed by atoms with Crippen molar-refractivity contribution in [3.8, 4) is 30.3 Å². The van der Waals surface area contributed by atoms with E-state index < -0.39 is 0 Å². The van der Waals surface area contributed by atoms with Crippen molar-refractivity contribution < 1.29 is 0 Å². The lowest BCUT2D eigenvalue weighted by molar-refractivity contribution is 0.249. The molecule has 0 aromatic carbocycles. The normalized spacial score (nSPS) is 19.5. The molecule has 0 fully saturated rings. The van der Waals surface area contributed by atoms with E-state index in [0.29, 0.717) is 61.1 Å². The van der Waals surface area contributed by atoms with E-state index >= 15 is 0 Å². The highest BCUT2D eigenvalue weighted by molar-refractivity contribution is 5.57. The molecule has 0 atom stereocenters. The lowest BCUT2D eigenvalue weighted by Gasteiger charge is -2.39. The predicted octanol–water partition coefficient (Wildman–Crippen LogP) is 5.09. The standard InChI is InChI=1S/C28H30N8/c1-27(2)10-20(19(14-29)15-30)22(16-31)25(12-27)35(6)8-9-36(7)26-13-28(3,4)11-21(23(26)17-32)24(18-33)34-5/h8-13H2,1-4,6-7H3/b24-21+. The Morgan fingerprint density at radius 1 is 0.750 bits per heavy atom. The molecule has 0 aliphatic heterocycles. The Hall–Kier alpha value is -4.50. The number of nitrogens with zero attached hydrogens (tertiary/aromatic N) is 8. The number of hydrogen-bond acceptors (Lipinski definition) is 7. The van der Waals surface area contributed by atoms with Gasteiger partial charge in [0, 0.05) is 44.2 Å². The molecule has 0 amide bonds. The van der Waals surface area contributed by atoms with Gasteiger partial charge in [0.25, 0.3) is 5.70 Å². The smallest absolute Gasteiger partial charge is 0.266 e. The van der Waals surface area contributed by atoms with E-state index in [9.17, 15) is 26.3 Å². The fourth-order valence-corrected chi connectivity index (χ4v) is 4.91. The lowest BCUT2D eigenvalue weighted by Crippen LogP contribution is -2.36. The van der Waals surface area contributed by atoms with Crippen molar-refractivity contribution >= 4 is 0 Å². The van der Waals surface area contributed by atoms with E-state index in [1.807, 2.05) is 42.1 Å². The highest BCUT2D eigenvalue weighted by atomic mass is 15.2. The molecule has 2 aliphatic carbocycles. The second kappa shape index (κ2) is 10.8. The lowest BCUT2D eigenvalue weighted by atomic mass is 9.72. The molecule has 0 spiro atoms. The van der Waals surface area contributed by atoms with E-state index in [1.54, 1.807) is 0 Å². The van der Waals surface area contributed by atoms with Gasteiger partial charge in [0.15, 0.2) is 0 Å². The Kier molecular flexibility index (Phi) is 8.35. The summed E-state index contributed by atoms with van der Waals surface area (Å²) < 4.78 is 0. The molecule has 0 N–H and O–H groups in total. The molecule has 36 heavy (non-hydrogen) atoms. The van der Waals surface area contributed by atoms with E-state index in [4.69, 9.17) is 6.57 Å². The summed E-state index contributed by atoms with van der Waals surface area (Å²) in [5.74, 6) is 0. The minimum Gasteiger partial charge on any atom is -0.375 e. The minimum atomic E-state index is -0.221. The maximum absolute atomic E-state index is 9.93. The van der Waals surface area contributed by atoms with Gasteiger partial charge in [0.2, 0.25) is 0 Å². The zero-order valence-electron chi connectivity index (χ0n) is 21.8. The maximum Gasteiger partial charge on any atom is 0.266 e. The van der Waals surface area contributed by atoms with E-state index in [0.717, 1.165) is 11.4 Å². The van der Waals surface area contributed by atoms with Crippen LogP contribution < -0.4 is 0 Å². The first-order chi connectivity index (χ1) is 16.9. The van der Waals surface area contributed by atoms with Crippen molar-refractivity contribution in [1.82, 2.24) is 9.80 Å². The fraction of sp³-hybridized carbons (Fsp3) is 0.500. The average molecular weight is 479 g/mol. The van der Waals surface area contributed by atoms with Crippen LogP contribution in [0.25, 0.3) is 4.85 Å². The van der Waals surface area contributed by atoms with Gasteiger partial charge in [-0.1, -0.05) is 27.7 Å². The topological polar surface area (TPSA) is 130 Å². The maximum atomic E-state index is 9.93. The molecule has 0 bridgehead atoms. The van der Waals surface area contributed by atoms with Crippen LogP contribution in [0.2, 0.25) is 0 Å². The first-order valence-electron chi connectivity index (χ1n) is 11.6. The van der Waals surface area contributed by atoms with Crippen molar-refractivity contribution in [2.75, 3.05) is 27.2 Å². The molecule has 0 unspecified atom stereocenters. The van der Waals surface area contributed by atoms with Gasteiger partial charge in [-0.15, -0.1) is 0 Å². The summed E-state index contributed by atoms with van der Waals surface area (Å²) >= 11 is 0. The second-order valence-electron chi connectivity index (χ2n) is 10.9. The summed E-state index contributed by atoms with van der Waals surface area (Å²) in [5.41, 5.74) is 2.85. The fourth-order valence-electron chi connectivity index (χ4n) is 4.91. The molecule has 0 aromatic heterocycles. The average Bonchev–Trinajstić information content (AvgIpc) is 2.82. The first-order valence-corrected chi connectivity index (χ1v) is 11.6. The third kappa shape index (κ3) is 5.76. The van der Waals surface area contributed by atoms with Crippen LogP contribution in [0.1, 0.15) is 53.4 Å². The molecule has 2 aliphatic rings. The molecule has 0 radical (unpaired) electrons. The van der Waals surface area contributed by atoms with Gasteiger partial charge < -0.3 is 9.80 Å². The molecule has 0 heterocycles. The summed E-state index contributed by atoms with van der Waals surface area (Å²) in [6, 6.07) is 10.3. The molecule has 8 nitrogen and oxygen atoms in total. The number of rotatable bonds is 5. The van der Waals surface area contributed by atoms with Gasteiger partial charge in [-0.25, -0.2) is 10.1 Å². The predicted molar refractivity (Wildman–Crippen MR) is 134 cm³/mol. The summed E-state index contributed by atoms with van der Waals surface area (Å²) in [4.78, 5) is 7.33. The van der Waals surface area contributed by atoms with Crippen molar-refractivity contribution in [2.45, 2.75) is 53.4 Å². The zero-order valence-corrected chi connectivity index (χ0v) is 21.8. The largest absolute Gasteiger partial charge is 0.375 e. The number of hydrogen-bond donors (Lipinski definition) is 0. The molecular weight excluding hydrogens is 448 g/mol. The van der Waals surface area contributed by atoms with Crippen LogP contribution in [0, 0.1) is 74.1 Å². The summed E-state index contributed by atoms with van der Waals surface area (Å²) in [5, 5.41) is 48.2. The van der Waals surface area contributed by atoms with Gasteiger partial charge in [0.05, 0.1) is 29.9 Å².